The van der Waals surface area contributed by atoms with Crippen LogP contribution in [0.4, 0.5) is 5.69 Å². The summed E-state index contributed by atoms with van der Waals surface area (Å²) in [5.41, 5.74) is 4.07. The third-order valence-electron chi connectivity index (χ3n) is 4.25. The van der Waals surface area contributed by atoms with E-state index in [9.17, 15) is 9.59 Å². The third-order valence-corrected chi connectivity index (χ3v) is 4.25. The van der Waals surface area contributed by atoms with Gasteiger partial charge >= 0.3 is 0 Å². The lowest BCUT2D eigenvalue weighted by atomic mass is 10.0. The molecule has 0 unspecified atom stereocenters. The molecule has 0 aliphatic carbocycles. The Kier molecular flexibility index (Phi) is 3.78. The van der Waals surface area contributed by atoms with Gasteiger partial charge in [0.1, 0.15) is 0 Å². The van der Waals surface area contributed by atoms with Crippen LogP contribution in [0.3, 0.4) is 0 Å². The number of rotatable bonds is 4. The Labute approximate surface area is 145 Å². The minimum Gasteiger partial charge on any atom is -0.324 e. The number of nitrogens with zero attached hydrogens (tertiary/aromatic N) is 2. The Hall–Kier alpha value is -3.40. The van der Waals surface area contributed by atoms with Crippen LogP contribution >= 0.6 is 0 Å². The second-order valence-electron chi connectivity index (χ2n) is 5.95. The molecular formula is C21H16N2O2. The van der Waals surface area contributed by atoms with Gasteiger partial charge in [-0.1, -0.05) is 24.3 Å². The van der Waals surface area contributed by atoms with Gasteiger partial charge in [0.2, 0.25) is 0 Å². The fourth-order valence-electron chi connectivity index (χ4n) is 2.95. The summed E-state index contributed by atoms with van der Waals surface area (Å²) in [5.74, 6) is -0.586. The van der Waals surface area contributed by atoms with Crippen LogP contribution in [0, 0.1) is 0 Å². The average molecular weight is 328 g/mol. The zero-order valence-corrected chi connectivity index (χ0v) is 13.5. The van der Waals surface area contributed by atoms with Crippen molar-refractivity contribution in [2.45, 2.75) is 6.42 Å². The molecule has 25 heavy (non-hydrogen) atoms. The van der Waals surface area contributed by atoms with Crippen LogP contribution < -0.4 is 4.90 Å². The van der Waals surface area contributed by atoms with Gasteiger partial charge in [-0.05, 0) is 53.9 Å². The highest BCUT2D eigenvalue weighted by Crippen LogP contribution is 2.21. The number of aromatic nitrogens is 1. The maximum absolute atomic E-state index is 11.7. The van der Waals surface area contributed by atoms with Crippen LogP contribution in [0.2, 0.25) is 0 Å². The van der Waals surface area contributed by atoms with E-state index in [0.717, 1.165) is 17.7 Å². The van der Waals surface area contributed by atoms with Crippen molar-refractivity contribution in [1.29, 1.82) is 0 Å². The first-order chi connectivity index (χ1) is 12.2. The van der Waals surface area contributed by atoms with Crippen molar-refractivity contribution < 1.29 is 9.59 Å². The first-order valence-corrected chi connectivity index (χ1v) is 8.08. The van der Waals surface area contributed by atoms with Crippen LogP contribution in [0.1, 0.15) is 11.1 Å². The van der Waals surface area contributed by atoms with E-state index in [1.165, 1.54) is 22.6 Å². The summed E-state index contributed by atoms with van der Waals surface area (Å²) in [5, 5.41) is 0. The van der Waals surface area contributed by atoms with E-state index in [4.69, 9.17) is 0 Å². The van der Waals surface area contributed by atoms with Gasteiger partial charge in [-0.25, -0.2) is 4.90 Å². The molecule has 3 aromatic rings. The van der Waals surface area contributed by atoms with Gasteiger partial charge in [-0.15, -0.1) is 0 Å². The quantitative estimate of drug-likeness (QED) is 0.688. The van der Waals surface area contributed by atoms with Gasteiger partial charge in [-0.3, -0.25) is 9.59 Å². The number of hydrogen-bond donors (Lipinski definition) is 0. The smallest absolute Gasteiger partial charge is 0.258 e. The van der Waals surface area contributed by atoms with Gasteiger partial charge < -0.3 is 4.57 Å². The lowest BCUT2D eigenvalue weighted by Crippen LogP contribution is -2.29. The summed E-state index contributed by atoms with van der Waals surface area (Å²) in [6.07, 6.45) is 7.42. The second-order valence-corrected chi connectivity index (χ2v) is 5.95. The van der Waals surface area contributed by atoms with Crippen molar-refractivity contribution in [2.75, 3.05) is 4.90 Å². The first kappa shape index (κ1) is 15.1. The average Bonchev–Trinajstić information content (AvgIpc) is 3.27. The predicted molar refractivity (Wildman–Crippen MR) is 96.7 cm³/mol. The highest BCUT2D eigenvalue weighted by atomic mass is 16.2. The maximum atomic E-state index is 11.7. The SMILES string of the molecule is O=C1C=CC(=O)N1c1ccc(Cc2ccc(-n3cccc3)cc2)cc1. The molecule has 122 valence electrons. The van der Waals surface area contributed by atoms with Crippen LogP contribution in [-0.2, 0) is 16.0 Å². The fourth-order valence-corrected chi connectivity index (χ4v) is 2.95. The molecule has 4 nitrogen and oxygen atoms in total. The summed E-state index contributed by atoms with van der Waals surface area (Å²) in [7, 11) is 0. The van der Waals surface area contributed by atoms with Crippen molar-refractivity contribution >= 4 is 17.5 Å². The Morgan fingerprint density at radius 1 is 0.640 bits per heavy atom. The number of carbonyl (C=O) groups is 2. The largest absolute Gasteiger partial charge is 0.324 e. The zero-order chi connectivity index (χ0) is 17.2. The molecule has 0 spiro atoms. The second kappa shape index (κ2) is 6.24. The minimum absolute atomic E-state index is 0.293. The lowest BCUT2D eigenvalue weighted by molar-refractivity contribution is -0.119. The number of benzene rings is 2. The van der Waals surface area contributed by atoms with Crippen molar-refractivity contribution in [1.82, 2.24) is 4.57 Å². The third kappa shape index (κ3) is 3.02. The normalized spacial score (nSPS) is 13.7. The Bertz CT molecular complexity index is 919. The highest BCUT2D eigenvalue weighted by Gasteiger charge is 2.24. The Balaban J connectivity index is 1.48. The minimum atomic E-state index is -0.293. The maximum Gasteiger partial charge on any atom is 0.258 e. The molecular weight excluding hydrogens is 312 g/mol. The number of anilines is 1. The number of carbonyl (C=O) groups excluding carboxylic acids is 2. The van der Waals surface area contributed by atoms with E-state index in [-0.39, 0.29) is 11.8 Å². The molecule has 4 heteroatoms. The Morgan fingerprint density at radius 2 is 1.12 bits per heavy atom. The highest BCUT2D eigenvalue weighted by molar-refractivity contribution is 6.28. The van der Waals surface area contributed by atoms with Crippen molar-refractivity contribution in [3.8, 4) is 5.69 Å². The van der Waals surface area contributed by atoms with Crippen LogP contribution in [0.15, 0.2) is 85.2 Å². The van der Waals surface area contributed by atoms with Gasteiger partial charge in [-0.2, -0.15) is 0 Å². The summed E-state index contributed by atoms with van der Waals surface area (Å²) in [4.78, 5) is 24.6. The molecule has 0 atom stereocenters. The molecule has 0 fully saturated rings. The van der Waals surface area contributed by atoms with E-state index < -0.39 is 0 Å². The van der Waals surface area contributed by atoms with Crippen molar-refractivity contribution in [3.05, 3.63) is 96.3 Å². The van der Waals surface area contributed by atoms with Crippen LogP contribution in [0.5, 0.6) is 0 Å². The summed E-state index contributed by atoms with van der Waals surface area (Å²) in [6, 6.07) is 19.9. The molecule has 1 aliphatic rings. The topological polar surface area (TPSA) is 42.3 Å². The van der Waals surface area contributed by atoms with E-state index >= 15 is 0 Å². The van der Waals surface area contributed by atoms with Gasteiger partial charge in [0.05, 0.1) is 5.69 Å². The molecule has 0 saturated carbocycles. The number of imide groups is 1. The molecule has 4 rings (SSSR count). The van der Waals surface area contributed by atoms with Crippen LogP contribution in [-0.4, -0.2) is 16.4 Å². The molecule has 0 radical (unpaired) electrons. The molecule has 2 amide bonds. The van der Waals surface area contributed by atoms with Gasteiger partial charge in [0.15, 0.2) is 0 Å². The molecule has 1 aromatic heterocycles. The molecule has 0 bridgehead atoms. The molecule has 2 aromatic carbocycles. The summed E-state index contributed by atoms with van der Waals surface area (Å²) < 4.78 is 2.07. The predicted octanol–water partition coefficient (Wildman–Crippen LogP) is 3.50. The summed E-state index contributed by atoms with van der Waals surface area (Å²) >= 11 is 0. The molecule has 0 N–H and O–H groups in total. The van der Waals surface area contributed by atoms with Crippen molar-refractivity contribution in [3.63, 3.8) is 0 Å². The van der Waals surface area contributed by atoms with E-state index in [2.05, 4.69) is 28.8 Å². The van der Waals surface area contributed by atoms with E-state index in [0.29, 0.717) is 5.69 Å². The van der Waals surface area contributed by atoms with Crippen molar-refractivity contribution in [2.24, 2.45) is 0 Å². The van der Waals surface area contributed by atoms with E-state index in [1.807, 2.05) is 48.8 Å². The number of amides is 2. The standard InChI is InChI=1S/C21H16N2O2/c24-20-11-12-21(25)23(20)19-9-5-17(6-10-19)15-16-3-7-18(8-4-16)22-13-1-2-14-22/h1-14H,15H2. The van der Waals surface area contributed by atoms with Gasteiger partial charge in [0, 0.05) is 30.2 Å². The lowest BCUT2D eigenvalue weighted by Gasteiger charge is -2.14. The zero-order valence-electron chi connectivity index (χ0n) is 13.5. The molecule has 0 saturated heterocycles. The van der Waals surface area contributed by atoms with Crippen LogP contribution in [0.25, 0.3) is 5.69 Å². The Morgan fingerprint density at radius 3 is 1.64 bits per heavy atom. The molecule has 1 aliphatic heterocycles. The first-order valence-electron chi connectivity index (χ1n) is 8.08. The van der Waals surface area contributed by atoms with Gasteiger partial charge in [0.25, 0.3) is 11.8 Å². The molecule has 2 heterocycles. The van der Waals surface area contributed by atoms with E-state index in [1.54, 1.807) is 0 Å². The number of hydrogen-bond acceptors (Lipinski definition) is 2. The fraction of sp³-hybridized carbons (Fsp3) is 0.0476. The summed E-state index contributed by atoms with van der Waals surface area (Å²) in [6.45, 7) is 0. The monoisotopic (exact) mass is 328 g/mol.